The highest BCUT2D eigenvalue weighted by Crippen LogP contribution is 2.15. The number of hydrazone groups is 1. The van der Waals surface area contributed by atoms with Gasteiger partial charge in [0.05, 0.1) is 25.1 Å². The van der Waals surface area contributed by atoms with E-state index in [0.29, 0.717) is 19.8 Å². The van der Waals surface area contributed by atoms with Gasteiger partial charge in [0.1, 0.15) is 12.4 Å². The monoisotopic (exact) mass is 319 g/mol. The predicted molar refractivity (Wildman–Crippen MR) is 85.7 cm³/mol. The van der Waals surface area contributed by atoms with Crippen molar-refractivity contribution >= 4 is 22.7 Å². The van der Waals surface area contributed by atoms with Crippen LogP contribution in [0.25, 0.3) is 0 Å². The van der Waals surface area contributed by atoms with Gasteiger partial charge in [0.25, 0.3) is 0 Å². The van der Waals surface area contributed by atoms with Gasteiger partial charge in [-0.3, -0.25) is 5.43 Å². The minimum absolute atomic E-state index is 0.271. The number of aromatic nitrogens is 1. The largest absolute Gasteiger partial charge is 0.488 e. The van der Waals surface area contributed by atoms with Crippen LogP contribution in [0, 0.1) is 6.92 Å². The SMILES string of the molecule is Cc1csc(NN=Cc2cccc(OCC3OCCO3)c2)n1. The first-order chi connectivity index (χ1) is 10.8. The summed E-state index contributed by atoms with van der Waals surface area (Å²) in [6, 6.07) is 7.67. The molecule has 1 aliphatic heterocycles. The number of ether oxygens (including phenoxy) is 3. The van der Waals surface area contributed by atoms with Crippen molar-refractivity contribution in [1.29, 1.82) is 0 Å². The molecular weight excluding hydrogens is 302 g/mol. The second-order valence-electron chi connectivity index (χ2n) is 4.72. The molecule has 1 aliphatic rings. The second-order valence-corrected chi connectivity index (χ2v) is 5.58. The molecule has 0 saturated carbocycles. The van der Waals surface area contributed by atoms with E-state index in [9.17, 15) is 0 Å². The van der Waals surface area contributed by atoms with Gasteiger partial charge in [-0.2, -0.15) is 5.10 Å². The summed E-state index contributed by atoms with van der Waals surface area (Å²) in [7, 11) is 0. The Hall–Kier alpha value is -1.96. The molecule has 0 aliphatic carbocycles. The van der Waals surface area contributed by atoms with E-state index < -0.39 is 0 Å². The Morgan fingerprint density at radius 3 is 3.09 bits per heavy atom. The normalized spacial score (nSPS) is 15.5. The highest BCUT2D eigenvalue weighted by atomic mass is 32.1. The third-order valence-corrected chi connectivity index (χ3v) is 3.79. The zero-order chi connectivity index (χ0) is 15.2. The fraction of sp³-hybridized carbons (Fsp3) is 0.333. The maximum absolute atomic E-state index is 5.66. The Balaban J connectivity index is 1.53. The van der Waals surface area contributed by atoms with Crippen LogP contribution >= 0.6 is 11.3 Å². The summed E-state index contributed by atoms with van der Waals surface area (Å²) in [6.45, 7) is 3.59. The van der Waals surface area contributed by atoms with Crippen molar-refractivity contribution in [1.82, 2.24) is 4.98 Å². The lowest BCUT2D eigenvalue weighted by molar-refractivity contribution is -0.0684. The van der Waals surface area contributed by atoms with E-state index in [2.05, 4.69) is 15.5 Å². The van der Waals surface area contributed by atoms with Gasteiger partial charge in [-0.1, -0.05) is 12.1 Å². The van der Waals surface area contributed by atoms with Gasteiger partial charge in [-0.05, 0) is 24.6 Å². The minimum Gasteiger partial charge on any atom is -0.488 e. The molecule has 0 amide bonds. The van der Waals surface area contributed by atoms with Gasteiger partial charge in [0, 0.05) is 5.38 Å². The molecular formula is C15H17N3O3S. The van der Waals surface area contributed by atoms with Gasteiger partial charge < -0.3 is 14.2 Å². The van der Waals surface area contributed by atoms with Crippen molar-refractivity contribution in [2.24, 2.45) is 5.10 Å². The summed E-state index contributed by atoms with van der Waals surface area (Å²) < 4.78 is 16.3. The fourth-order valence-corrected chi connectivity index (χ4v) is 2.56. The Labute approximate surface area is 132 Å². The lowest BCUT2D eigenvalue weighted by atomic mass is 10.2. The van der Waals surface area contributed by atoms with Crippen LogP contribution in [-0.4, -0.2) is 37.3 Å². The van der Waals surface area contributed by atoms with E-state index in [1.807, 2.05) is 36.6 Å². The van der Waals surface area contributed by atoms with Crippen LogP contribution in [0.4, 0.5) is 5.13 Å². The summed E-state index contributed by atoms with van der Waals surface area (Å²) in [4.78, 5) is 4.27. The molecule has 1 N–H and O–H groups in total. The van der Waals surface area contributed by atoms with Crippen molar-refractivity contribution in [2.45, 2.75) is 13.2 Å². The molecule has 7 heteroatoms. The second kappa shape index (κ2) is 7.35. The first-order valence-corrected chi connectivity index (χ1v) is 7.85. The summed E-state index contributed by atoms with van der Waals surface area (Å²) >= 11 is 1.52. The molecule has 1 aromatic heterocycles. The highest BCUT2D eigenvalue weighted by molar-refractivity contribution is 7.13. The van der Waals surface area contributed by atoms with Crippen LogP contribution in [0.5, 0.6) is 5.75 Å². The molecule has 0 bridgehead atoms. The molecule has 3 rings (SSSR count). The molecule has 0 unspecified atom stereocenters. The smallest absolute Gasteiger partial charge is 0.203 e. The fourth-order valence-electron chi connectivity index (χ4n) is 1.92. The molecule has 1 aromatic carbocycles. The number of benzene rings is 1. The molecule has 1 saturated heterocycles. The summed E-state index contributed by atoms with van der Waals surface area (Å²) in [5.74, 6) is 0.758. The number of hydrogen-bond donors (Lipinski definition) is 1. The lowest BCUT2D eigenvalue weighted by Crippen LogP contribution is -2.18. The first-order valence-electron chi connectivity index (χ1n) is 6.97. The summed E-state index contributed by atoms with van der Waals surface area (Å²) in [5, 5.41) is 6.92. The van der Waals surface area contributed by atoms with Gasteiger partial charge in [-0.15, -0.1) is 11.3 Å². The number of nitrogens with zero attached hydrogens (tertiary/aromatic N) is 2. The van der Waals surface area contributed by atoms with Crippen LogP contribution in [0.15, 0.2) is 34.7 Å². The van der Waals surface area contributed by atoms with E-state index in [1.54, 1.807) is 6.21 Å². The minimum atomic E-state index is -0.271. The van der Waals surface area contributed by atoms with E-state index in [4.69, 9.17) is 14.2 Å². The van der Waals surface area contributed by atoms with Crippen LogP contribution in [0.2, 0.25) is 0 Å². The molecule has 22 heavy (non-hydrogen) atoms. The topological polar surface area (TPSA) is 65.0 Å². The maximum Gasteiger partial charge on any atom is 0.203 e. The molecule has 0 atom stereocenters. The Morgan fingerprint density at radius 1 is 1.45 bits per heavy atom. The number of anilines is 1. The Kier molecular flexibility index (Phi) is 4.99. The van der Waals surface area contributed by atoms with Crippen LogP contribution < -0.4 is 10.2 Å². The van der Waals surface area contributed by atoms with E-state index in [-0.39, 0.29) is 6.29 Å². The number of rotatable bonds is 6. The molecule has 2 heterocycles. The summed E-state index contributed by atoms with van der Waals surface area (Å²) in [5.41, 5.74) is 4.82. The standard InChI is InChI=1S/C15H17N3O3S/c1-11-10-22-15(17-11)18-16-8-12-3-2-4-13(7-12)21-9-14-19-5-6-20-14/h2-4,7-8,10,14H,5-6,9H2,1H3,(H,17,18). The van der Waals surface area contributed by atoms with E-state index in [1.165, 1.54) is 11.3 Å². The third-order valence-electron chi connectivity index (χ3n) is 2.93. The highest BCUT2D eigenvalue weighted by Gasteiger charge is 2.16. The van der Waals surface area contributed by atoms with Crippen molar-refractivity contribution in [3.8, 4) is 5.75 Å². The van der Waals surface area contributed by atoms with E-state index >= 15 is 0 Å². The molecule has 2 aromatic rings. The van der Waals surface area contributed by atoms with Crippen LogP contribution in [0.1, 0.15) is 11.3 Å². The molecule has 0 spiro atoms. The zero-order valence-electron chi connectivity index (χ0n) is 12.2. The average molecular weight is 319 g/mol. The lowest BCUT2D eigenvalue weighted by Gasteiger charge is -2.11. The van der Waals surface area contributed by atoms with Crippen molar-refractivity contribution in [3.63, 3.8) is 0 Å². The van der Waals surface area contributed by atoms with Gasteiger partial charge in [0.2, 0.25) is 5.13 Å². The number of nitrogens with one attached hydrogen (secondary N) is 1. The molecule has 116 valence electrons. The van der Waals surface area contributed by atoms with Crippen LogP contribution in [0.3, 0.4) is 0 Å². The van der Waals surface area contributed by atoms with Gasteiger partial charge in [-0.25, -0.2) is 4.98 Å². The molecule has 6 nitrogen and oxygen atoms in total. The third kappa shape index (κ3) is 4.27. The maximum atomic E-state index is 5.66. The zero-order valence-corrected chi connectivity index (χ0v) is 13.0. The van der Waals surface area contributed by atoms with Gasteiger partial charge >= 0.3 is 0 Å². The van der Waals surface area contributed by atoms with E-state index in [0.717, 1.165) is 22.1 Å². The van der Waals surface area contributed by atoms with Crippen molar-refractivity contribution in [3.05, 3.63) is 40.9 Å². The molecule has 1 fully saturated rings. The first kappa shape index (κ1) is 15.0. The number of hydrogen-bond acceptors (Lipinski definition) is 7. The van der Waals surface area contributed by atoms with Gasteiger partial charge in [0.15, 0.2) is 6.29 Å². The Bertz CT molecular complexity index is 638. The van der Waals surface area contributed by atoms with Crippen molar-refractivity contribution in [2.75, 3.05) is 25.2 Å². The molecule has 0 radical (unpaired) electrons. The Morgan fingerprint density at radius 2 is 2.32 bits per heavy atom. The van der Waals surface area contributed by atoms with Crippen LogP contribution in [-0.2, 0) is 9.47 Å². The summed E-state index contributed by atoms with van der Waals surface area (Å²) in [6.07, 6.45) is 1.46. The quantitative estimate of drug-likeness (QED) is 0.655. The predicted octanol–water partition coefficient (Wildman–Crippen LogP) is 2.65. The number of thiazole rings is 1. The van der Waals surface area contributed by atoms with Crippen molar-refractivity contribution < 1.29 is 14.2 Å². The average Bonchev–Trinajstić information content (AvgIpc) is 3.17. The number of aryl methyl sites for hydroxylation is 1.